The number of phenols is 1. The minimum Gasteiger partial charge on any atom is -0.504 e. The Balaban J connectivity index is 1.46. The minimum atomic E-state index is -0.0216. The third-order valence-electron chi connectivity index (χ3n) is 7.87. The molecule has 26 heavy (non-hydrogen) atoms. The monoisotopic (exact) mass is 349 g/mol. The van der Waals surface area contributed by atoms with Crippen LogP contribution in [-0.4, -0.2) is 39.3 Å². The molecule has 2 N–H and O–H groups in total. The number of hydrogen-bond acceptors (Lipinski definition) is 4. The van der Waals surface area contributed by atoms with E-state index in [1.165, 1.54) is 36.1 Å². The van der Waals surface area contributed by atoms with E-state index < -0.39 is 0 Å². The van der Waals surface area contributed by atoms with Crippen LogP contribution in [0, 0.1) is 11.8 Å². The minimum absolute atomic E-state index is 0.00586. The number of piperidine rings is 1. The van der Waals surface area contributed by atoms with E-state index >= 15 is 0 Å². The fraction of sp³-hybridized carbons (Fsp3) is 0.571. The first-order valence-corrected chi connectivity index (χ1v) is 10.0. The molecule has 1 unspecified atom stereocenters. The molecule has 0 radical (unpaired) electrons. The highest BCUT2D eigenvalue weighted by molar-refractivity contribution is 5.62. The number of hydrogen-bond donors (Lipinski definition) is 2. The second-order valence-electron chi connectivity index (χ2n) is 9.07. The zero-order valence-electron chi connectivity index (χ0n) is 14.7. The molecule has 5 nitrogen and oxygen atoms in total. The number of nitrogens with zero attached hydrogens (tertiary/aromatic N) is 2. The number of aromatic hydroxyl groups is 1. The number of nitrogens with one attached hydrogen (secondary N) is 1. The van der Waals surface area contributed by atoms with Gasteiger partial charge in [0.25, 0.3) is 0 Å². The van der Waals surface area contributed by atoms with Gasteiger partial charge in [0.05, 0.1) is 11.9 Å². The predicted octanol–water partition coefficient (Wildman–Crippen LogP) is 2.70. The summed E-state index contributed by atoms with van der Waals surface area (Å²) in [4.78, 5) is 2.78. The van der Waals surface area contributed by atoms with Gasteiger partial charge in [-0.3, -0.25) is 10.00 Å². The van der Waals surface area contributed by atoms with Crippen molar-refractivity contribution < 1.29 is 9.84 Å². The Labute approximate surface area is 152 Å². The molecular formula is C21H23N3O2. The molecule has 0 amide bonds. The van der Waals surface area contributed by atoms with Gasteiger partial charge in [-0.15, -0.1) is 0 Å². The van der Waals surface area contributed by atoms with Crippen LogP contribution < -0.4 is 4.74 Å². The largest absolute Gasteiger partial charge is 0.504 e. The molecule has 5 aliphatic rings. The number of aromatic nitrogens is 2. The van der Waals surface area contributed by atoms with E-state index in [0.717, 1.165) is 43.2 Å². The van der Waals surface area contributed by atoms with Crippen molar-refractivity contribution >= 4 is 0 Å². The van der Waals surface area contributed by atoms with E-state index in [2.05, 4.69) is 21.2 Å². The lowest BCUT2D eigenvalue weighted by atomic mass is 9.52. The molecule has 2 fully saturated rings. The van der Waals surface area contributed by atoms with Crippen LogP contribution in [0.15, 0.2) is 18.3 Å². The maximum Gasteiger partial charge on any atom is 0.166 e. The highest BCUT2D eigenvalue weighted by Crippen LogP contribution is 2.67. The average Bonchev–Trinajstić information content (AvgIpc) is 3.20. The van der Waals surface area contributed by atoms with E-state index in [4.69, 9.17) is 4.74 Å². The van der Waals surface area contributed by atoms with Crippen molar-refractivity contribution in [2.75, 3.05) is 13.1 Å². The maximum atomic E-state index is 10.5. The van der Waals surface area contributed by atoms with E-state index in [0.29, 0.717) is 17.7 Å². The van der Waals surface area contributed by atoms with Gasteiger partial charge in [-0.25, -0.2) is 0 Å². The Kier molecular flexibility index (Phi) is 2.41. The van der Waals surface area contributed by atoms with E-state index in [-0.39, 0.29) is 11.5 Å². The second-order valence-corrected chi connectivity index (χ2v) is 9.07. The molecule has 1 aromatic carbocycles. The van der Waals surface area contributed by atoms with Crippen molar-refractivity contribution in [1.82, 2.24) is 15.1 Å². The quantitative estimate of drug-likeness (QED) is 0.875. The normalized spacial score (nSPS) is 36.4. The lowest BCUT2D eigenvalue weighted by molar-refractivity contribution is -0.0374. The summed E-state index contributed by atoms with van der Waals surface area (Å²) in [7, 11) is 0. The van der Waals surface area contributed by atoms with Gasteiger partial charge in [0, 0.05) is 23.6 Å². The third-order valence-corrected chi connectivity index (χ3v) is 7.87. The van der Waals surface area contributed by atoms with Crippen molar-refractivity contribution in [2.45, 2.75) is 49.7 Å². The molecule has 7 rings (SSSR count). The molecule has 2 bridgehead atoms. The summed E-state index contributed by atoms with van der Waals surface area (Å²) in [5.74, 6) is 2.52. The zero-order valence-corrected chi connectivity index (χ0v) is 14.7. The maximum absolute atomic E-state index is 10.5. The van der Waals surface area contributed by atoms with Gasteiger partial charge in [0.2, 0.25) is 0 Å². The zero-order chi connectivity index (χ0) is 17.0. The number of rotatable bonds is 2. The molecule has 2 aliphatic heterocycles. The number of benzene rings is 1. The predicted molar refractivity (Wildman–Crippen MR) is 95.3 cm³/mol. The Bertz CT molecular complexity index is 933. The fourth-order valence-corrected chi connectivity index (χ4v) is 6.62. The molecule has 1 aromatic heterocycles. The van der Waals surface area contributed by atoms with E-state index in [1.54, 1.807) is 0 Å². The molecular weight excluding hydrogens is 326 g/mol. The van der Waals surface area contributed by atoms with Crippen LogP contribution in [0.25, 0.3) is 0 Å². The average molecular weight is 349 g/mol. The SMILES string of the molecule is Oc1ccc2c3c1OC1c4[nH]ncc4C[C@H]4[C@@H](C2)N(CC2CC2)CC[C@]314. The highest BCUT2D eigenvalue weighted by atomic mass is 16.5. The van der Waals surface area contributed by atoms with Crippen LogP contribution in [0.4, 0.5) is 0 Å². The second kappa shape index (κ2) is 4.45. The van der Waals surface area contributed by atoms with Gasteiger partial charge in [-0.2, -0.15) is 5.10 Å². The molecule has 1 spiro atoms. The number of aromatic amines is 1. The van der Waals surface area contributed by atoms with Gasteiger partial charge in [-0.05, 0) is 67.7 Å². The number of likely N-dealkylation sites (tertiary alicyclic amines) is 1. The van der Waals surface area contributed by atoms with Crippen molar-refractivity contribution in [1.29, 1.82) is 0 Å². The number of fused-ring (bicyclic) bond motifs is 2. The van der Waals surface area contributed by atoms with E-state index in [9.17, 15) is 5.11 Å². The molecule has 3 heterocycles. The Hall–Kier alpha value is -2.01. The smallest absolute Gasteiger partial charge is 0.166 e. The number of H-pyrrole nitrogens is 1. The molecule has 4 atom stereocenters. The van der Waals surface area contributed by atoms with E-state index in [1.807, 2.05) is 12.3 Å². The van der Waals surface area contributed by atoms with Crippen LogP contribution in [0.2, 0.25) is 0 Å². The lowest BCUT2D eigenvalue weighted by Gasteiger charge is -2.57. The van der Waals surface area contributed by atoms with Crippen molar-refractivity contribution in [3.63, 3.8) is 0 Å². The van der Waals surface area contributed by atoms with Gasteiger partial charge in [0.15, 0.2) is 17.6 Å². The van der Waals surface area contributed by atoms with Crippen molar-refractivity contribution in [3.8, 4) is 11.5 Å². The van der Waals surface area contributed by atoms with Crippen LogP contribution in [0.3, 0.4) is 0 Å². The Morgan fingerprint density at radius 3 is 3.08 bits per heavy atom. The molecule has 134 valence electrons. The Morgan fingerprint density at radius 1 is 1.27 bits per heavy atom. The van der Waals surface area contributed by atoms with Crippen LogP contribution in [0.1, 0.15) is 47.8 Å². The first kappa shape index (κ1) is 14.1. The van der Waals surface area contributed by atoms with Gasteiger partial charge >= 0.3 is 0 Å². The standard InChI is InChI=1S/C21H23N3O2/c25-16-4-3-12-8-15-14-7-13-9-22-23-18(13)20-21(14,17(12)19(16)26-20)5-6-24(15)10-11-1-2-11/h3-4,9,11,14-15,20,25H,1-2,5-8,10H2,(H,22,23)/t14-,15+,20?,21-/m0/s1. The number of phenolic OH excluding ortho intramolecular Hbond substituents is 1. The summed E-state index contributed by atoms with van der Waals surface area (Å²) in [6, 6.07) is 4.56. The summed E-state index contributed by atoms with van der Waals surface area (Å²) >= 11 is 0. The summed E-state index contributed by atoms with van der Waals surface area (Å²) in [5.41, 5.74) is 5.16. The summed E-state index contributed by atoms with van der Waals surface area (Å²) in [6.07, 6.45) is 8.07. The van der Waals surface area contributed by atoms with Crippen molar-refractivity contribution in [2.24, 2.45) is 11.8 Å². The molecule has 1 saturated carbocycles. The lowest BCUT2D eigenvalue weighted by Crippen LogP contribution is -2.63. The molecule has 2 aromatic rings. The third kappa shape index (κ3) is 1.51. The fourth-order valence-electron chi connectivity index (χ4n) is 6.62. The molecule has 5 heteroatoms. The van der Waals surface area contributed by atoms with Crippen molar-refractivity contribution in [3.05, 3.63) is 40.7 Å². The first-order valence-electron chi connectivity index (χ1n) is 10.0. The summed E-state index contributed by atoms with van der Waals surface area (Å²) < 4.78 is 6.48. The molecule has 1 saturated heterocycles. The summed E-state index contributed by atoms with van der Waals surface area (Å²) in [6.45, 7) is 2.41. The van der Waals surface area contributed by atoms with Gasteiger partial charge in [-0.1, -0.05) is 6.07 Å². The summed E-state index contributed by atoms with van der Waals surface area (Å²) in [5, 5.41) is 18.1. The van der Waals surface area contributed by atoms with Crippen LogP contribution in [-0.2, 0) is 18.3 Å². The number of ether oxygens (including phenoxy) is 1. The van der Waals surface area contributed by atoms with Gasteiger partial charge < -0.3 is 9.84 Å². The van der Waals surface area contributed by atoms with Gasteiger partial charge in [0.1, 0.15) is 0 Å². The highest BCUT2D eigenvalue weighted by Gasteiger charge is 2.65. The van der Waals surface area contributed by atoms with Crippen LogP contribution >= 0.6 is 0 Å². The Morgan fingerprint density at radius 2 is 2.19 bits per heavy atom. The topological polar surface area (TPSA) is 61.4 Å². The molecule has 3 aliphatic carbocycles. The van der Waals surface area contributed by atoms with Crippen LogP contribution in [0.5, 0.6) is 11.5 Å². The first-order chi connectivity index (χ1) is 12.8.